The van der Waals surface area contributed by atoms with Gasteiger partial charge in [0.2, 0.25) is 0 Å². The molecule has 2 aromatic heterocycles. The summed E-state index contributed by atoms with van der Waals surface area (Å²) in [4.78, 5) is 8.39. The van der Waals surface area contributed by atoms with E-state index < -0.39 is 0 Å². The molecule has 2 heterocycles. The third kappa shape index (κ3) is 3.09. The molecule has 5 rings (SSSR count). The van der Waals surface area contributed by atoms with Gasteiger partial charge in [-0.15, -0.1) is 0 Å². The Morgan fingerprint density at radius 1 is 0.690 bits per heavy atom. The number of aromatic nitrogens is 2. The normalized spacial score (nSPS) is 14.1. The van der Waals surface area contributed by atoms with Gasteiger partial charge in [-0.1, -0.05) is 36.4 Å². The van der Waals surface area contributed by atoms with Gasteiger partial charge in [-0.05, 0) is 77.4 Å². The Balaban J connectivity index is 1.79. The minimum Gasteiger partial charge on any atom is -0.508 e. The van der Waals surface area contributed by atoms with E-state index in [-0.39, 0.29) is 5.41 Å². The molecule has 142 valence electrons. The number of phenolic OH excluding ortho intramolecular Hbond substituents is 1. The molecule has 0 spiro atoms. The van der Waals surface area contributed by atoms with E-state index in [9.17, 15) is 5.11 Å². The number of hydrogen-bond acceptors (Lipinski definition) is 3. The summed E-state index contributed by atoms with van der Waals surface area (Å²) >= 11 is 0. The standard InChI is InChI=1S/C26H22N2O/c29-24-7-3-5-22-16-21-4-1-2-6-23(21)26(25(22)24,17-19-8-12-27-13-9-19)18-20-10-14-28-15-11-20/h1-15,29H,16-18H2. The van der Waals surface area contributed by atoms with Crippen molar-refractivity contribution < 1.29 is 5.11 Å². The zero-order valence-electron chi connectivity index (χ0n) is 16.1. The maximum atomic E-state index is 11.0. The zero-order chi connectivity index (χ0) is 19.7. The lowest BCUT2D eigenvalue weighted by atomic mass is 9.61. The van der Waals surface area contributed by atoms with Crippen LogP contribution in [-0.4, -0.2) is 15.1 Å². The number of nitrogens with zero attached hydrogens (tertiary/aromatic N) is 2. The summed E-state index contributed by atoms with van der Waals surface area (Å²) in [5, 5.41) is 11.0. The second kappa shape index (κ2) is 7.17. The summed E-state index contributed by atoms with van der Waals surface area (Å²) in [6.45, 7) is 0. The first-order valence-electron chi connectivity index (χ1n) is 9.94. The summed E-state index contributed by atoms with van der Waals surface area (Å²) in [6, 6.07) is 22.9. The second-order valence-electron chi connectivity index (χ2n) is 7.79. The fourth-order valence-electron chi connectivity index (χ4n) is 4.90. The van der Waals surface area contributed by atoms with E-state index in [1.165, 1.54) is 27.8 Å². The molecular formula is C26H22N2O. The van der Waals surface area contributed by atoms with Crippen LogP contribution in [0.25, 0.3) is 0 Å². The molecule has 0 amide bonds. The number of rotatable bonds is 4. The van der Waals surface area contributed by atoms with Crippen LogP contribution in [0, 0.1) is 0 Å². The van der Waals surface area contributed by atoms with Crippen LogP contribution in [0.1, 0.15) is 33.4 Å². The Morgan fingerprint density at radius 2 is 1.28 bits per heavy atom. The molecule has 3 nitrogen and oxygen atoms in total. The molecular weight excluding hydrogens is 356 g/mol. The summed E-state index contributed by atoms with van der Waals surface area (Å²) < 4.78 is 0. The van der Waals surface area contributed by atoms with Crippen LogP contribution in [0.4, 0.5) is 0 Å². The lowest BCUT2D eigenvalue weighted by Crippen LogP contribution is -2.38. The van der Waals surface area contributed by atoms with Crippen molar-refractivity contribution in [2.24, 2.45) is 0 Å². The van der Waals surface area contributed by atoms with Crippen molar-refractivity contribution in [2.45, 2.75) is 24.7 Å². The predicted octanol–water partition coefficient (Wildman–Crippen LogP) is 4.86. The van der Waals surface area contributed by atoms with E-state index in [0.717, 1.165) is 24.8 Å². The van der Waals surface area contributed by atoms with Crippen molar-refractivity contribution >= 4 is 0 Å². The smallest absolute Gasteiger partial charge is 0.119 e. The Hall–Kier alpha value is -3.46. The quantitative estimate of drug-likeness (QED) is 0.552. The van der Waals surface area contributed by atoms with E-state index in [2.05, 4.69) is 64.6 Å². The Labute approximate surface area is 170 Å². The molecule has 0 fully saturated rings. The topological polar surface area (TPSA) is 46.0 Å². The fourth-order valence-corrected chi connectivity index (χ4v) is 4.90. The highest BCUT2D eigenvalue weighted by Gasteiger charge is 2.42. The van der Waals surface area contributed by atoms with Gasteiger partial charge < -0.3 is 5.11 Å². The average molecular weight is 378 g/mol. The number of aromatic hydroxyl groups is 1. The maximum Gasteiger partial charge on any atom is 0.119 e. The molecule has 1 N–H and O–H groups in total. The molecule has 29 heavy (non-hydrogen) atoms. The van der Waals surface area contributed by atoms with Gasteiger partial charge >= 0.3 is 0 Å². The van der Waals surface area contributed by atoms with Crippen LogP contribution in [-0.2, 0) is 24.7 Å². The van der Waals surface area contributed by atoms with Gasteiger partial charge in [-0.2, -0.15) is 0 Å². The van der Waals surface area contributed by atoms with Gasteiger partial charge in [0, 0.05) is 35.8 Å². The largest absolute Gasteiger partial charge is 0.508 e. The molecule has 0 atom stereocenters. The van der Waals surface area contributed by atoms with Crippen molar-refractivity contribution in [3.63, 3.8) is 0 Å². The summed E-state index contributed by atoms with van der Waals surface area (Å²) in [6.07, 6.45) is 9.80. The van der Waals surface area contributed by atoms with Gasteiger partial charge in [0.1, 0.15) is 5.75 Å². The fraction of sp³-hybridized carbons (Fsp3) is 0.154. The Kier molecular flexibility index (Phi) is 4.36. The van der Waals surface area contributed by atoms with Crippen LogP contribution < -0.4 is 0 Å². The van der Waals surface area contributed by atoms with E-state index in [0.29, 0.717) is 5.75 Å². The summed E-state index contributed by atoms with van der Waals surface area (Å²) in [5.41, 5.74) is 6.92. The van der Waals surface area contributed by atoms with Gasteiger partial charge in [0.05, 0.1) is 0 Å². The van der Waals surface area contributed by atoms with Gasteiger partial charge in [-0.25, -0.2) is 0 Å². The average Bonchev–Trinajstić information content (AvgIpc) is 2.75. The molecule has 0 aliphatic heterocycles. The van der Waals surface area contributed by atoms with Crippen LogP contribution >= 0.6 is 0 Å². The molecule has 4 aromatic rings. The monoisotopic (exact) mass is 378 g/mol. The molecule has 0 radical (unpaired) electrons. The van der Waals surface area contributed by atoms with E-state index in [1.54, 1.807) is 0 Å². The van der Waals surface area contributed by atoms with Crippen LogP contribution in [0.2, 0.25) is 0 Å². The SMILES string of the molecule is Oc1cccc2c1C(Cc1ccncc1)(Cc1ccncc1)c1ccccc1C2. The molecule has 1 aliphatic carbocycles. The minimum atomic E-state index is -0.363. The molecule has 0 saturated heterocycles. The van der Waals surface area contributed by atoms with E-state index >= 15 is 0 Å². The zero-order valence-corrected chi connectivity index (χ0v) is 16.1. The van der Waals surface area contributed by atoms with Gasteiger partial charge in [-0.3, -0.25) is 9.97 Å². The number of fused-ring (bicyclic) bond motifs is 2. The van der Waals surface area contributed by atoms with E-state index in [1.807, 2.05) is 36.9 Å². The maximum absolute atomic E-state index is 11.0. The van der Waals surface area contributed by atoms with Crippen molar-refractivity contribution in [1.82, 2.24) is 9.97 Å². The molecule has 0 saturated carbocycles. The highest BCUT2D eigenvalue weighted by molar-refractivity contribution is 5.60. The summed E-state index contributed by atoms with van der Waals surface area (Å²) in [7, 11) is 0. The number of hydrogen-bond donors (Lipinski definition) is 1. The lowest BCUT2D eigenvalue weighted by molar-refractivity contribution is 0.421. The molecule has 0 bridgehead atoms. The van der Waals surface area contributed by atoms with Crippen molar-refractivity contribution in [2.75, 3.05) is 0 Å². The van der Waals surface area contributed by atoms with Crippen molar-refractivity contribution in [1.29, 1.82) is 0 Å². The summed E-state index contributed by atoms with van der Waals surface area (Å²) in [5.74, 6) is 0.375. The number of benzene rings is 2. The van der Waals surface area contributed by atoms with Crippen LogP contribution in [0.5, 0.6) is 5.75 Å². The number of phenols is 1. The first-order chi connectivity index (χ1) is 14.3. The van der Waals surface area contributed by atoms with Crippen molar-refractivity contribution in [3.05, 3.63) is 125 Å². The van der Waals surface area contributed by atoms with E-state index in [4.69, 9.17) is 0 Å². The Morgan fingerprint density at radius 3 is 1.93 bits per heavy atom. The predicted molar refractivity (Wildman–Crippen MR) is 114 cm³/mol. The first kappa shape index (κ1) is 17.6. The highest BCUT2D eigenvalue weighted by atomic mass is 16.3. The van der Waals surface area contributed by atoms with Gasteiger partial charge in [0.25, 0.3) is 0 Å². The third-order valence-electron chi connectivity index (χ3n) is 6.03. The van der Waals surface area contributed by atoms with Crippen molar-refractivity contribution in [3.8, 4) is 5.75 Å². The molecule has 0 unspecified atom stereocenters. The molecule has 1 aliphatic rings. The highest BCUT2D eigenvalue weighted by Crippen LogP contribution is 2.49. The van der Waals surface area contributed by atoms with Gasteiger partial charge in [0.15, 0.2) is 0 Å². The molecule has 3 heteroatoms. The first-order valence-corrected chi connectivity index (χ1v) is 9.94. The van der Waals surface area contributed by atoms with Crippen LogP contribution in [0.15, 0.2) is 91.5 Å². The lowest BCUT2D eigenvalue weighted by Gasteiger charge is -2.42. The molecule has 2 aromatic carbocycles. The third-order valence-corrected chi connectivity index (χ3v) is 6.03. The van der Waals surface area contributed by atoms with Crippen LogP contribution in [0.3, 0.4) is 0 Å². The second-order valence-corrected chi connectivity index (χ2v) is 7.79. The Bertz CT molecular complexity index is 1100. The minimum absolute atomic E-state index is 0.363. The number of pyridine rings is 2.